The van der Waals surface area contributed by atoms with Crippen molar-refractivity contribution in [3.8, 4) is 5.75 Å². The van der Waals surface area contributed by atoms with Crippen LogP contribution in [0.3, 0.4) is 0 Å². The van der Waals surface area contributed by atoms with Crippen LogP contribution in [0.15, 0.2) is 47.9 Å². The Bertz CT molecular complexity index is 807. The molecule has 0 saturated heterocycles. The summed E-state index contributed by atoms with van der Waals surface area (Å²) in [7, 11) is 1.66. The molecule has 0 bridgehead atoms. The van der Waals surface area contributed by atoms with Crippen molar-refractivity contribution >= 4 is 23.0 Å². The second-order valence-corrected chi connectivity index (χ2v) is 5.82. The summed E-state index contributed by atoms with van der Waals surface area (Å²) in [4.78, 5) is 1.20. The monoisotopic (exact) mass is 311 g/mol. The Balaban J connectivity index is 1.76. The molecule has 1 aliphatic rings. The average molecular weight is 311 g/mol. The van der Waals surface area contributed by atoms with Crippen LogP contribution in [0.5, 0.6) is 5.75 Å². The number of ether oxygens (including phenoxy) is 1. The normalized spacial score (nSPS) is 16.6. The van der Waals surface area contributed by atoms with E-state index in [0.29, 0.717) is 5.95 Å². The van der Waals surface area contributed by atoms with Gasteiger partial charge in [0.05, 0.1) is 7.11 Å². The van der Waals surface area contributed by atoms with E-state index in [1.54, 1.807) is 23.1 Å². The summed E-state index contributed by atoms with van der Waals surface area (Å²) >= 11 is 1.69. The summed E-state index contributed by atoms with van der Waals surface area (Å²) < 4.78 is 7.00. The van der Waals surface area contributed by atoms with E-state index >= 15 is 0 Å². The lowest BCUT2D eigenvalue weighted by Gasteiger charge is -2.22. The highest BCUT2D eigenvalue weighted by molar-refractivity contribution is 7.10. The van der Waals surface area contributed by atoms with Crippen molar-refractivity contribution in [2.45, 2.75) is 6.04 Å². The summed E-state index contributed by atoms with van der Waals surface area (Å²) in [5.41, 5.74) is 2.06. The molecule has 2 aromatic heterocycles. The Morgan fingerprint density at radius 3 is 2.82 bits per heavy atom. The van der Waals surface area contributed by atoms with Gasteiger partial charge in [-0.05, 0) is 57.8 Å². The van der Waals surface area contributed by atoms with Gasteiger partial charge in [0.2, 0.25) is 5.95 Å². The maximum absolute atomic E-state index is 5.21. The maximum atomic E-state index is 5.21. The molecule has 0 spiro atoms. The number of anilines is 1. The quantitative estimate of drug-likeness (QED) is 0.806. The number of aromatic nitrogens is 4. The standard InChI is InChI=1S/C15H13N5OS/c1-21-11-6-4-10(5-7-11)12-9-13(14-3-2-8-22-14)20-15(16-12)17-18-19-20/h2-9,13H,1H3,(H,16,17,19)/t13-/m0/s1. The predicted molar refractivity (Wildman–Crippen MR) is 84.9 cm³/mol. The fourth-order valence-electron chi connectivity index (χ4n) is 2.46. The lowest BCUT2D eigenvalue weighted by atomic mass is 10.1. The van der Waals surface area contributed by atoms with Gasteiger partial charge in [-0.1, -0.05) is 11.2 Å². The van der Waals surface area contributed by atoms with Gasteiger partial charge in [0.25, 0.3) is 0 Å². The number of hydrogen-bond donors (Lipinski definition) is 1. The van der Waals surface area contributed by atoms with Gasteiger partial charge in [-0.3, -0.25) is 0 Å². The van der Waals surface area contributed by atoms with Crippen molar-refractivity contribution in [3.05, 3.63) is 58.3 Å². The third-order valence-corrected chi connectivity index (χ3v) is 4.51. The molecule has 1 N–H and O–H groups in total. The van der Waals surface area contributed by atoms with E-state index < -0.39 is 0 Å². The number of allylic oxidation sites excluding steroid dienone is 1. The molecule has 0 radical (unpaired) electrons. The Hall–Kier alpha value is -2.67. The topological polar surface area (TPSA) is 64.9 Å². The minimum atomic E-state index is 0.00310. The third-order valence-electron chi connectivity index (χ3n) is 3.56. The molecular weight excluding hydrogens is 298 g/mol. The maximum Gasteiger partial charge on any atom is 0.248 e. The zero-order valence-electron chi connectivity index (χ0n) is 11.8. The van der Waals surface area contributed by atoms with Gasteiger partial charge in [0, 0.05) is 10.6 Å². The van der Waals surface area contributed by atoms with Gasteiger partial charge in [0.15, 0.2) is 0 Å². The number of nitrogens with one attached hydrogen (secondary N) is 1. The minimum Gasteiger partial charge on any atom is -0.497 e. The molecule has 3 aromatic rings. The van der Waals surface area contributed by atoms with Crippen molar-refractivity contribution in [3.63, 3.8) is 0 Å². The first-order chi connectivity index (χ1) is 10.8. The molecule has 110 valence electrons. The highest BCUT2D eigenvalue weighted by atomic mass is 32.1. The van der Waals surface area contributed by atoms with Crippen LogP contribution in [-0.2, 0) is 0 Å². The van der Waals surface area contributed by atoms with E-state index in [0.717, 1.165) is 17.0 Å². The minimum absolute atomic E-state index is 0.00310. The molecule has 1 aromatic carbocycles. The number of nitrogens with zero attached hydrogens (tertiary/aromatic N) is 4. The number of hydrogen-bond acceptors (Lipinski definition) is 6. The van der Waals surface area contributed by atoms with E-state index in [-0.39, 0.29) is 6.04 Å². The van der Waals surface area contributed by atoms with Gasteiger partial charge in [-0.25, -0.2) is 0 Å². The molecule has 22 heavy (non-hydrogen) atoms. The lowest BCUT2D eigenvalue weighted by molar-refractivity contribution is 0.415. The summed E-state index contributed by atoms with van der Waals surface area (Å²) in [5.74, 6) is 1.48. The van der Waals surface area contributed by atoms with Crippen LogP contribution in [0, 0.1) is 0 Å². The smallest absolute Gasteiger partial charge is 0.248 e. The average Bonchev–Trinajstić information content (AvgIpc) is 3.25. The van der Waals surface area contributed by atoms with Crippen molar-refractivity contribution < 1.29 is 4.74 Å². The Kier molecular flexibility index (Phi) is 3.12. The molecule has 0 amide bonds. The largest absolute Gasteiger partial charge is 0.497 e. The van der Waals surface area contributed by atoms with Crippen LogP contribution in [0.25, 0.3) is 5.70 Å². The molecule has 1 aliphatic heterocycles. The number of thiophene rings is 1. The Morgan fingerprint density at radius 2 is 2.09 bits per heavy atom. The predicted octanol–water partition coefficient (Wildman–Crippen LogP) is 2.80. The number of tetrazole rings is 1. The Morgan fingerprint density at radius 1 is 1.23 bits per heavy atom. The second-order valence-electron chi connectivity index (χ2n) is 4.84. The van der Waals surface area contributed by atoms with Crippen LogP contribution < -0.4 is 10.1 Å². The van der Waals surface area contributed by atoms with Gasteiger partial charge in [-0.15, -0.1) is 11.3 Å². The summed E-state index contributed by atoms with van der Waals surface area (Å²) in [6, 6.07) is 12.0. The molecule has 0 aliphatic carbocycles. The number of rotatable bonds is 3. The van der Waals surface area contributed by atoms with E-state index in [4.69, 9.17) is 4.74 Å². The number of methoxy groups -OCH3 is 1. The highest BCUT2D eigenvalue weighted by Gasteiger charge is 2.24. The zero-order chi connectivity index (χ0) is 14.9. The number of benzene rings is 1. The van der Waals surface area contributed by atoms with Crippen molar-refractivity contribution in [1.82, 2.24) is 20.2 Å². The molecule has 4 rings (SSSR count). The summed E-state index contributed by atoms with van der Waals surface area (Å²) in [6.07, 6.45) is 2.14. The van der Waals surface area contributed by atoms with Crippen molar-refractivity contribution in [2.24, 2.45) is 0 Å². The highest BCUT2D eigenvalue weighted by Crippen LogP contribution is 2.33. The van der Waals surface area contributed by atoms with Gasteiger partial charge < -0.3 is 10.1 Å². The van der Waals surface area contributed by atoms with Crippen molar-refractivity contribution in [2.75, 3.05) is 12.4 Å². The lowest BCUT2D eigenvalue weighted by Crippen LogP contribution is -2.19. The summed E-state index contributed by atoms with van der Waals surface area (Å²) in [6.45, 7) is 0. The molecule has 3 heterocycles. The first-order valence-electron chi connectivity index (χ1n) is 6.80. The molecule has 0 saturated carbocycles. The van der Waals surface area contributed by atoms with Gasteiger partial charge in [0.1, 0.15) is 11.8 Å². The van der Waals surface area contributed by atoms with E-state index in [9.17, 15) is 0 Å². The van der Waals surface area contributed by atoms with E-state index in [1.165, 1.54) is 4.88 Å². The van der Waals surface area contributed by atoms with Crippen LogP contribution in [0.2, 0.25) is 0 Å². The third kappa shape index (κ3) is 2.15. The van der Waals surface area contributed by atoms with Crippen LogP contribution in [0.1, 0.15) is 16.5 Å². The zero-order valence-corrected chi connectivity index (χ0v) is 12.6. The molecular formula is C15H13N5OS. The number of fused-ring (bicyclic) bond motifs is 1. The van der Waals surface area contributed by atoms with E-state index in [1.807, 2.05) is 30.3 Å². The van der Waals surface area contributed by atoms with Crippen molar-refractivity contribution in [1.29, 1.82) is 0 Å². The van der Waals surface area contributed by atoms with Crippen LogP contribution >= 0.6 is 11.3 Å². The summed E-state index contributed by atoms with van der Waals surface area (Å²) in [5, 5.41) is 17.2. The molecule has 0 fully saturated rings. The fourth-order valence-corrected chi connectivity index (χ4v) is 3.23. The Labute approximate surface area is 131 Å². The fraction of sp³-hybridized carbons (Fsp3) is 0.133. The van der Waals surface area contributed by atoms with E-state index in [2.05, 4.69) is 38.4 Å². The van der Waals surface area contributed by atoms with Crippen LogP contribution in [-0.4, -0.2) is 27.3 Å². The molecule has 6 nitrogen and oxygen atoms in total. The molecule has 1 atom stereocenters. The van der Waals surface area contributed by atoms with Crippen LogP contribution in [0.4, 0.5) is 5.95 Å². The second kappa shape index (κ2) is 5.27. The molecule has 7 heteroatoms. The van der Waals surface area contributed by atoms with Gasteiger partial charge >= 0.3 is 0 Å². The molecule has 0 unspecified atom stereocenters. The van der Waals surface area contributed by atoms with Gasteiger partial charge in [-0.2, -0.15) is 4.68 Å². The SMILES string of the molecule is COc1ccc(C2=C[C@@H](c3cccs3)n3nnnc3N2)cc1. The first-order valence-corrected chi connectivity index (χ1v) is 7.67. The first kappa shape index (κ1) is 13.0.